The molecular weight excluding hydrogens is 286 g/mol. The van der Waals surface area contributed by atoms with Gasteiger partial charge in [-0.1, -0.05) is 0 Å². The van der Waals surface area contributed by atoms with E-state index in [-0.39, 0.29) is 0 Å². The minimum atomic E-state index is 0.711. The summed E-state index contributed by atoms with van der Waals surface area (Å²) < 4.78 is 10.8. The Labute approximate surface area is 131 Å². The molecule has 118 valence electrons. The van der Waals surface area contributed by atoms with Crippen LogP contribution < -0.4 is 9.64 Å². The van der Waals surface area contributed by atoms with Crippen molar-refractivity contribution in [3.63, 3.8) is 0 Å². The number of methoxy groups -OCH3 is 1. The molecule has 1 aromatic rings. The second-order valence-corrected chi connectivity index (χ2v) is 6.35. The standard InChI is InChI=1S/C15H25N3O2S/c1-17-3-5-18(6-4-17)14-11-15(13-16-12-14)20-8-10-21-9-7-19-2/h11-13H,3-10H2,1-2H3. The van der Waals surface area contributed by atoms with Gasteiger partial charge < -0.3 is 19.3 Å². The third-order valence-electron chi connectivity index (χ3n) is 3.50. The molecule has 1 aromatic heterocycles. The molecular formula is C15H25N3O2S. The summed E-state index contributed by atoms with van der Waals surface area (Å²) in [4.78, 5) is 9.02. The van der Waals surface area contributed by atoms with Gasteiger partial charge in [0, 0.05) is 50.9 Å². The molecule has 2 rings (SSSR count). The first-order valence-electron chi connectivity index (χ1n) is 7.37. The summed E-state index contributed by atoms with van der Waals surface area (Å²) in [5, 5.41) is 0. The van der Waals surface area contributed by atoms with E-state index >= 15 is 0 Å². The fraction of sp³-hybridized carbons (Fsp3) is 0.667. The van der Waals surface area contributed by atoms with Gasteiger partial charge in [-0.05, 0) is 7.05 Å². The predicted molar refractivity (Wildman–Crippen MR) is 88.6 cm³/mol. The Morgan fingerprint density at radius 1 is 1.14 bits per heavy atom. The van der Waals surface area contributed by atoms with Gasteiger partial charge in [0.2, 0.25) is 0 Å². The lowest BCUT2D eigenvalue weighted by atomic mass is 10.3. The molecule has 5 nitrogen and oxygen atoms in total. The maximum absolute atomic E-state index is 5.78. The highest BCUT2D eigenvalue weighted by Gasteiger charge is 2.14. The zero-order valence-corrected chi connectivity index (χ0v) is 13.8. The second kappa shape index (κ2) is 9.12. The first kappa shape index (κ1) is 16.4. The first-order valence-corrected chi connectivity index (χ1v) is 8.53. The molecule has 0 N–H and O–H groups in total. The van der Waals surface area contributed by atoms with Crippen LogP contribution in [0.3, 0.4) is 0 Å². The lowest BCUT2D eigenvalue weighted by Crippen LogP contribution is -2.44. The predicted octanol–water partition coefficient (Wildman–Crippen LogP) is 1.59. The molecule has 0 radical (unpaired) electrons. The Morgan fingerprint density at radius 3 is 2.67 bits per heavy atom. The Hall–Kier alpha value is -0.980. The molecule has 0 unspecified atom stereocenters. The number of ether oxygens (including phenoxy) is 2. The van der Waals surface area contributed by atoms with Crippen LogP contribution in [0.25, 0.3) is 0 Å². The first-order chi connectivity index (χ1) is 10.3. The number of rotatable bonds is 8. The van der Waals surface area contributed by atoms with Gasteiger partial charge in [-0.3, -0.25) is 4.98 Å². The number of pyridine rings is 1. The third kappa shape index (κ3) is 5.73. The van der Waals surface area contributed by atoms with Crippen molar-refractivity contribution < 1.29 is 9.47 Å². The normalized spacial score (nSPS) is 16.2. The fourth-order valence-electron chi connectivity index (χ4n) is 2.19. The number of nitrogens with zero attached hydrogens (tertiary/aromatic N) is 3. The van der Waals surface area contributed by atoms with Crippen LogP contribution in [0.2, 0.25) is 0 Å². The Bertz CT molecular complexity index is 412. The van der Waals surface area contributed by atoms with E-state index in [2.05, 4.69) is 27.9 Å². The highest BCUT2D eigenvalue weighted by molar-refractivity contribution is 7.99. The van der Waals surface area contributed by atoms with Gasteiger partial charge in [0.1, 0.15) is 5.75 Å². The van der Waals surface area contributed by atoms with Crippen molar-refractivity contribution in [2.24, 2.45) is 0 Å². The summed E-state index contributed by atoms with van der Waals surface area (Å²) in [5.41, 5.74) is 1.16. The Kier molecular flexibility index (Phi) is 7.12. The average Bonchev–Trinajstić information content (AvgIpc) is 2.52. The largest absolute Gasteiger partial charge is 0.491 e. The molecule has 21 heavy (non-hydrogen) atoms. The molecule has 1 fully saturated rings. The number of aromatic nitrogens is 1. The topological polar surface area (TPSA) is 37.8 Å². The summed E-state index contributed by atoms with van der Waals surface area (Å²) in [6.07, 6.45) is 3.71. The molecule has 1 saturated heterocycles. The fourth-order valence-corrected chi connectivity index (χ4v) is 2.88. The van der Waals surface area contributed by atoms with Crippen LogP contribution in [0.5, 0.6) is 5.75 Å². The van der Waals surface area contributed by atoms with E-state index in [4.69, 9.17) is 9.47 Å². The highest BCUT2D eigenvalue weighted by atomic mass is 32.2. The number of hydrogen-bond acceptors (Lipinski definition) is 6. The summed E-state index contributed by atoms with van der Waals surface area (Å²) in [5.74, 6) is 2.85. The quantitative estimate of drug-likeness (QED) is 0.679. The van der Waals surface area contributed by atoms with E-state index in [1.165, 1.54) is 0 Å². The van der Waals surface area contributed by atoms with Crippen molar-refractivity contribution in [2.45, 2.75) is 0 Å². The zero-order valence-electron chi connectivity index (χ0n) is 13.0. The monoisotopic (exact) mass is 311 g/mol. The van der Waals surface area contributed by atoms with Crippen LogP contribution in [0.15, 0.2) is 18.5 Å². The molecule has 0 amide bonds. The van der Waals surface area contributed by atoms with Gasteiger partial charge in [-0.2, -0.15) is 11.8 Å². The van der Waals surface area contributed by atoms with Crippen LogP contribution in [-0.4, -0.2) is 74.9 Å². The maximum Gasteiger partial charge on any atom is 0.139 e. The second-order valence-electron chi connectivity index (χ2n) is 5.12. The van der Waals surface area contributed by atoms with Gasteiger partial charge in [0.15, 0.2) is 0 Å². The van der Waals surface area contributed by atoms with Gasteiger partial charge in [-0.25, -0.2) is 0 Å². The van der Waals surface area contributed by atoms with Crippen molar-refractivity contribution in [2.75, 3.05) is 70.0 Å². The lowest BCUT2D eigenvalue weighted by Gasteiger charge is -2.33. The van der Waals surface area contributed by atoms with Crippen LogP contribution in [0, 0.1) is 0 Å². The number of hydrogen-bond donors (Lipinski definition) is 0. The van der Waals surface area contributed by atoms with Crippen LogP contribution >= 0.6 is 11.8 Å². The van der Waals surface area contributed by atoms with E-state index in [0.717, 1.165) is 55.7 Å². The van der Waals surface area contributed by atoms with Crippen LogP contribution in [-0.2, 0) is 4.74 Å². The smallest absolute Gasteiger partial charge is 0.139 e. The number of likely N-dealkylation sites (N-methyl/N-ethyl adjacent to an activating group) is 1. The summed E-state index contributed by atoms with van der Waals surface area (Å²) in [6.45, 7) is 5.80. The van der Waals surface area contributed by atoms with Crippen molar-refractivity contribution >= 4 is 17.4 Å². The summed E-state index contributed by atoms with van der Waals surface area (Å²) in [6, 6.07) is 2.10. The number of piperazine rings is 1. The van der Waals surface area contributed by atoms with Crippen LogP contribution in [0.1, 0.15) is 0 Å². The van der Waals surface area contributed by atoms with E-state index < -0.39 is 0 Å². The van der Waals surface area contributed by atoms with Crippen molar-refractivity contribution in [3.8, 4) is 5.75 Å². The molecule has 2 heterocycles. The zero-order chi connectivity index (χ0) is 14.9. The maximum atomic E-state index is 5.78. The van der Waals surface area contributed by atoms with E-state index in [9.17, 15) is 0 Å². The minimum absolute atomic E-state index is 0.711. The highest BCUT2D eigenvalue weighted by Crippen LogP contribution is 2.20. The van der Waals surface area contributed by atoms with Gasteiger partial charge in [0.25, 0.3) is 0 Å². The number of anilines is 1. The third-order valence-corrected chi connectivity index (χ3v) is 4.41. The molecule has 0 aromatic carbocycles. The van der Waals surface area contributed by atoms with E-state index in [1.54, 1.807) is 13.3 Å². The van der Waals surface area contributed by atoms with Crippen LogP contribution in [0.4, 0.5) is 5.69 Å². The van der Waals surface area contributed by atoms with E-state index in [1.807, 2.05) is 18.0 Å². The van der Waals surface area contributed by atoms with Crippen molar-refractivity contribution in [3.05, 3.63) is 18.5 Å². The average molecular weight is 311 g/mol. The molecule has 0 aliphatic carbocycles. The molecule has 0 spiro atoms. The molecule has 0 atom stereocenters. The minimum Gasteiger partial charge on any atom is -0.491 e. The number of thioether (sulfide) groups is 1. The van der Waals surface area contributed by atoms with Gasteiger partial charge in [-0.15, -0.1) is 0 Å². The summed E-state index contributed by atoms with van der Waals surface area (Å²) in [7, 11) is 3.89. The van der Waals surface area contributed by atoms with Gasteiger partial charge in [0.05, 0.1) is 31.3 Å². The summed E-state index contributed by atoms with van der Waals surface area (Å²) >= 11 is 1.84. The van der Waals surface area contributed by atoms with Crippen molar-refractivity contribution in [1.82, 2.24) is 9.88 Å². The lowest BCUT2D eigenvalue weighted by molar-refractivity contribution is 0.218. The molecule has 0 bridgehead atoms. The van der Waals surface area contributed by atoms with Crippen molar-refractivity contribution in [1.29, 1.82) is 0 Å². The Balaban J connectivity index is 1.75. The molecule has 6 heteroatoms. The van der Waals surface area contributed by atoms with Gasteiger partial charge >= 0.3 is 0 Å². The van der Waals surface area contributed by atoms with E-state index in [0.29, 0.717) is 6.61 Å². The molecule has 1 aliphatic rings. The Morgan fingerprint density at radius 2 is 1.90 bits per heavy atom. The SMILES string of the molecule is COCCSCCOc1cncc(N2CCN(C)CC2)c1. The molecule has 0 saturated carbocycles. The molecule has 1 aliphatic heterocycles.